The smallest absolute Gasteiger partial charge is 0.309 e. The van der Waals surface area contributed by atoms with E-state index in [0.717, 1.165) is 51.4 Å². The molecule has 2 saturated carbocycles. The van der Waals surface area contributed by atoms with Crippen LogP contribution in [0, 0.1) is 11.8 Å². The summed E-state index contributed by atoms with van der Waals surface area (Å²) in [5, 5.41) is 9.98. The largest absolute Gasteiger partial charge is 0.463 e. The van der Waals surface area contributed by atoms with E-state index in [-0.39, 0.29) is 42.6 Å². The average molecular weight is 385 g/mol. The summed E-state index contributed by atoms with van der Waals surface area (Å²) in [7, 11) is 0. The SMILES string of the molecule is CC(COC(=O)C1CCCC1)OC(C)CC(OC(=O)C1CCCC1)C(C)O. The molecule has 0 bridgehead atoms. The minimum absolute atomic E-state index is 0.0311. The van der Waals surface area contributed by atoms with Gasteiger partial charge in [0.05, 0.1) is 30.1 Å². The van der Waals surface area contributed by atoms with E-state index >= 15 is 0 Å². The lowest BCUT2D eigenvalue weighted by Gasteiger charge is -2.27. The van der Waals surface area contributed by atoms with Gasteiger partial charge < -0.3 is 19.3 Å². The topological polar surface area (TPSA) is 82.1 Å². The molecule has 1 N–H and O–H groups in total. The lowest BCUT2D eigenvalue weighted by Crippen LogP contribution is -2.36. The van der Waals surface area contributed by atoms with Crippen molar-refractivity contribution in [2.75, 3.05) is 6.61 Å². The van der Waals surface area contributed by atoms with Crippen molar-refractivity contribution in [3.05, 3.63) is 0 Å². The summed E-state index contributed by atoms with van der Waals surface area (Å²) in [6.07, 6.45) is 6.54. The minimum atomic E-state index is -0.753. The van der Waals surface area contributed by atoms with Crippen LogP contribution >= 0.6 is 0 Å². The number of esters is 2. The number of aliphatic hydroxyl groups excluding tert-OH is 1. The maximum atomic E-state index is 12.2. The molecule has 27 heavy (non-hydrogen) atoms. The third kappa shape index (κ3) is 7.41. The molecular formula is C21H36O6. The van der Waals surface area contributed by atoms with Crippen LogP contribution < -0.4 is 0 Å². The zero-order chi connectivity index (χ0) is 19.8. The van der Waals surface area contributed by atoms with Crippen LogP contribution in [0.5, 0.6) is 0 Å². The maximum Gasteiger partial charge on any atom is 0.309 e. The van der Waals surface area contributed by atoms with Gasteiger partial charge in [-0.3, -0.25) is 9.59 Å². The van der Waals surface area contributed by atoms with Crippen molar-refractivity contribution in [2.24, 2.45) is 11.8 Å². The molecule has 4 atom stereocenters. The number of carbonyl (C=O) groups excluding carboxylic acids is 2. The molecule has 0 amide bonds. The van der Waals surface area contributed by atoms with Gasteiger partial charge in [0.1, 0.15) is 12.7 Å². The molecule has 0 aromatic heterocycles. The Morgan fingerprint density at radius 1 is 0.889 bits per heavy atom. The molecule has 0 heterocycles. The zero-order valence-electron chi connectivity index (χ0n) is 17.0. The first kappa shape index (κ1) is 22.2. The fourth-order valence-electron chi connectivity index (χ4n) is 4.05. The Morgan fingerprint density at radius 2 is 1.41 bits per heavy atom. The Kier molecular flexibility index (Phi) is 9.03. The molecule has 156 valence electrons. The molecule has 6 nitrogen and oxygen atoms in total. The first-order valence-electron chi connectivity index (χ1n) is 10.6. The molecule has 2 fully saturated rings. The second-order valence-corrected chi connectivity index (χ2v) is 8.30. The van der Waals surface area contributed by atoms with Gasteiger partial charge in [-0.25, -0.2) is 0 Å². The predicted molar refractivity (Wildman–Crippen MR) is 101 cm³/mol. The Balaban J connectivity index is 1.71. The van der Waals surface area contributed by atoms with Crippen molar-refractivity contribution in [3.63, 3.8) is 0 Å². The van der Waals surface area contributed by atoms with Gasteiger partial charge in [-0.1, -0.05) is 25.7 Å². The lowest BCUT2D eigenvalue weighted by molar-refractivity contribution is -0.164. The van der Waals surface area contributed by atoms with Gasteiger partial charge in [0.2, 0.25) is 0 Å². The summed E-state index contributed by atoms with van der Waals surface area (Å²) in [6, 6.07) is 0. The third-order valence-electron chi connectivity index (χ3n) is 5.67. The zero-order valence-corrected chi connectivity index (χ0v) is 17.0. The molecule has 0 aliphatic heterocycles. The van der Waals surface area contributed by atoms with Crippen LogP contribution in [-0.2, 0) is 23.8 Å². The van der Waals surface area contributed by atoms with Crippen molar-refractivity contribution >= 4 is 11.9 Å². The standard InChI is InChI=1S/C21H36O6/c1-14(26-15(2)13-25-20(23)17-8-4-5-9-17)12-19(16(3)22)27-21(24)18-10-6-7-11-18/h14-19,22H,4-13H2,1-3H3. The normalized spacial score (nSPS) is 23.0. The van der Waals surface area contributed by atoms with Crippen LogP contribution in [0.4, 0.5) is 0 Å². The van der Waals surface area contributed by atoms with Crippen LogP contribution in [0.2, 0.25) is 0 Å². The number of rotatable bonds is 10. The van der Waals surface area contributed by atoms with E-state index in [4.69, 9.17) is 14.2 Å². The van der Waals surface area contributed by atoms with E-state index in [2.05, 4.69) is 0 Å². The summed E-state index contributed by atoms with van der Waals surface area (Å²) in [5.41, 5.74) is 0. The summed E-state index contributed by atoms with van der Waals surface area (Å²) in [4.78, 5) is 24.2. The minimum Gasteiger partial charge on any atom is -0.463 e. The highest BCUT2D eigenvalue weighted by atomic mass is 16.6. The van der Waals surface area contributed by atoms with Crippen molar-refractivity contribution in [1.82, 2.24) is 0 Å². The van der Waals surface area contributed by atoms with Gasteiger partial charge in [0, 0.05) is 6.42 Å². The molecule has 2 aliphatic rings. The van der Waals surface area contributed by atoms with Crippen LogP contribution in [0.1, 0.15) is 78.6 Å². The first-order valence-corrected chi connectivity index (χ1v) is 10.6. The average Bonchev–Trinajstić information content (AvgIpc) is 3.31. The number of carbonyl (C=O) groups is 2. The molecule has 0 aromatic carbocycles. The second-order valence-electron chi connectivity index (χ2n) is 8.30. The highest BCUT2D eigenvalue weighted by Crippen LogP contribution is 2.27. The van der Waals surface area contributed by atoms with E-state index in [1.165, 1.54) is 0 Å². The van der Waals surface area contributed by atoms with Crippen molar-refractivity contribution in [3.8, 4) is 0 Å². The summed E-state index contributed by atoms with van der Waals surface area (Å²) in [5.74, 6) is -0.312. The molecule has 2 rings (SSSR count). The van der Waals surface area contributed by atoms with E-state index < -0.39 is 12.2 Å². The number of hydrogen-bond acceptors (Lipinski definition) is 6. The molecule has 0 aromatic rings. The molecule has 0 spiro atoms. The van der Waals surface area contributed by atoms with Crippen LogP contribution in [0.15, 0.2) is 0 Å². The van der Waals surface area contributed by atoms with E-state index in [0.29, 0.717) is 6.42 Å². The molecule has 0 radical (unpaired) electrons. The molecular weight excluding hydrogens is 348 g/mol. The summed E-state index contributed by atoms with van der Waals surface area (Å²) >= 11 is 0. The molecule has 6 heteroatoms. The maximum absolute atomic E-state index is 12.2. The van der Waals surface area contributed by atoms with Gasteiger partial charge in [-0.15, -0.1) is 0 Å². The summed E-state index contributed by atoms with van der Waals surface area (Å²) in [6.45, 7) is 5.60. The van der Waals surface area contributed by atoms with E-state index in [9.17, 15) is 14.7 Å². The van der Waals surface area contributed by atoms with Crippen molar-refractivity contribution in [2.45, 2.75) is 103 Å². The molecule has 2 aliphatic carbocycles. The quantitative estimate of drug-likeness (QED) is 0.582. The first-order chi connectivity index (χ1) is 12.9. The monoisotopic (exact) mass is 384 g/mol. The fraction of sp³-hybridized carbons (Fsp3) is 0.905. The van der Waals surface area contributed by atoms with Gasteiger partial charge >= 0.3 is 11.9 Å². The van der Waals surface area contributed by atoms with Crippen LogP contribution in [0.3, 0.4) is 0 Å². The number of hydrogen-bond donors (Lipinski definition) is 1. The van der Waals surface area contributed by atoms with Crippen molar-refractivity contribution in [1.29, 1.82) is 0 Å². The summed E-state index contributed by atoms with van der Waals surface area (Å²) < 4.78 is 16.8. The molecule has 4 unspecified atom stereocenters. The molecule has 0 saturated heterocycles. The van der Waals surface area contributed by atoms with Gasteiger partial charge in [-0.05, 0) is 46.5 Å². The Hall–Kier alpha value is -1.14. The van der Waals surface area contributed by atoms with Gasteiger partial charge in [0.25, 0.3) is 0 Å². The predicted octanol–water partition coefficient (Wildman–Crippen LogP) is 3.39. The van der Waals surface area contributed by atoms with Crippen LogP contribution in [-0.4, -0.2) is 48.1 Å². The van der Waals surface area contributed by atoms with E-state index in [1.807, 2.05) is 13.8 Å². The van der Waals surface area contributed by atoms with E-state index in [1.54, 1.807) is 6.92 Å². The second kappa shape index (κ2) is 11.0. The Labute approximate surface area is 162 Å². The Morgan fingerprint density at radius 3 is 1.93 bits per heavy atom. The van der Waals surface area contributed by atoms with Crippen LogP contribution in [0.25, 0.3) is 0 Å². The van der Waals surface area contributed by atoms with Crippen molar-refractivity contribution < 1.29 is 28.9 Å². The highest BCUT2D eigenvalue weighted by molar-refractivity contribution is 5.73. The highest BCUT2D eigenvalue weighted by Gasteiger charge is 2.30. The van der Waals surface area contributed by atoms with Gasteiger partial charge in [0.15, 0.2) is 0 Å². The number of aliphatic hydroxyl groups is 1. The van der Waals surface area contributed by atoms with Gasteiger partial charge in [-0.2, -0.15) is 0 Å². The lowest BCUT2D eigenvalue weighted by atomic mass is 10.1. The Bertz CT molecular complexity index is 465. The number of ether oxygens (including phenoxy) is 3. The fourth-order valence-corrected chi connectivity index (χ4v) is 4.05. The third-order valence-corrected chi connectivity index (χ3v) is 5.67.